The van der Waals surface area contributed by atoms with Crippen molar-refractivity contribution < 1.29 is 22.9 Å². The Hall–Kier alpha value is -1.44. The predicted octanol–water partition coefficient (Wildman–Crippen LogP) is 9.01. The van der Waals surface area contributed by atoms with Gasteiger partial charge in [0.15, 0.2) is 0 Å². The van der Waals surface area contributed by atoms with Gasteiger partial charge in [-0.05, 0) is 44.9 Å². The summed E-state index contributed by atoms with van der Waals surface area (Å²) in [5.41, 5.74) is 0. The average Bonchev–Trinajstić information content (AvgIpc) is 2.92. The Balaban J connectivity index is 4.09. The molecule has 0 saturated heterocycles. The number of hydrogen-bond donors (Lipinski definition) is 3. The summed E-state index contributed by atoms with van der Waals surface area (Å²) >= 11 is 0. The fourth-order valence-corrected chi connectivity index (χ4v) is 5.51. The van der Waals surface area contributed by atoms with Crippen molar-refractivity contribution in [1.29, 1.82) is 0 Å². The highest BCUT2D eigenvalue weighted by Crippen LogP contribution is 2.11. The second kappa shape index (κ2) is 28.7. The number of aliphatic hydroxyl groups excluding tert-OH is 1. The summed E-state index contributed by atoms with van der Waals surface area (Å²) in [7, 11) is -4.34. The van der Waals surface area contributed by atoms with E-state index in [0.29, 0.717) is 6.42 Å². The molecule has 0 rings (SSSR count). The third-order valence-electron chi connectivity index (χ3n) is 7.30. The number of unbranched alkanes of at least 4 members (excludes halogenated alkanes) is 17. The average molecular weight is 598 g/mol. The number of amides is 1. The van der Waals surface area contributed by atoms with Crippen LogP contribution in [0.15, 0.2) is 36.5 Å². The van der Waals surface area contributed by atoms with Crippen molar-refractivity contribution in [2.75, 3.05) is 5.75 Å². The number of hydrogen-bond acceptors (Lipinski definition) is 4. The quantitative estimate of drug-likeness (QED) is 0.0453. The standard InChI is InChI=1S/C34H63NO5S/c1-3-5-7-9-11-13-14-15-16-17-18-19-20-21-22-23-25-27-29-33(36)32(31-41(38,39)40)35-34(37)30-28-26-24-12-10-8-6-4-2/h17-18,21-22,27,29,32-33,36H,3-16,19-20,23-26,28,30-31H2,1-2H3,(H,35,37)(H,38,39,40)/b18-17+,22-21+,29-27+. The lowest BCUT2D eigenvalue weighted by atomic mass is 10.1. The fourth-order valence-electron chi connectivity index (χ4n) is 4.77. The normalized spacial score (nSPS) is 14.0. The van der Waals surface area contributed by atoms with Crippen molar-refractivity contribution in [1.82, 2.24) is 5.32 Å². The van der Waals surface area contributed by atoms with Gasteiger partial charge in [-0.3, -0.25) is 9.35 Å². The maximum atomic E-state index is 12.3. The smallest absolute Gasteiger partial charge is 0.267 e. The second-order valence-corrected chi connectivity index (χ2v) is 12.9. The summed E-state index contributed by atoms with van der Waals surface area (Å²) in [5.74, 6) is -1.01. The van der Waals surface area contributed by atoms with Crippen molar-refractivity contribution in [3.8, 4) is 0 Å². The van der Waals surface area contributed by atoms with Gasteiger partial charge < -0.3 is 10.4 Å². The molecular formula is C34H63NO5S. The van der Waals surface area contributed by atoms with E-state index in [4.69, 9.17) is 0 Å². The molecule has 41 heavy (non-hydrogen) atoms. The molecule has 6 nitrogen and oxygen atoms in total. The number of aliphatic hydroxyl groups is 1. The molecule has 0 aromatic rings. The van der Waals surface area contributed by atoms with Crippen LogP contribution in [0.3, 0.4) is 0 Å². The maximum Gasteiger partial charge on any atom is 0.267 e. The fraction of sp³-hybridized carbons (Fsp3) is 0.794. The summed E-state index contributed by atoms with van der Waals surface area (Å²) < 4.78 is 32.1. The van der Waals surface area contributed by atoms with Crippen molar-refractivity contribution in [3.05, 3.63) is 36.5 Å². The van der Waals surface area contributed by atoms with Crippen LogP contribution in [-0.4, -0.2) is 41.9 Å². The molecule has 0 bridgehead atoms. The molecule has 0 aliphatic heterocycles. The topological polar surface area (TPSA) is 104 Å². The third-order valence-corrected chi connectivity index (χ3v) is 8.08. The van der Waals surface area contributed by atoms with Gasteiger partial charge >= 0.3 is 0 Å². The number of nitrogens with one attached hydrogen (secondary N) is 1. The molecule has 2 atom stereocenters. The van der Waals surface area contributed by atoms with E-state index in [1.165, 1.54) is 96.0 Å². The number of carbonyl (C=O) groups is 1. The van der Waals surface area contributed by atoms with Crippen LogP contribution >= 0.6 is 0 Å². The molecule has 1 amide bonds. The molecule has 3 N–H and O–H groups in total. The van der Waals surface area contributed by atoms with Gasteiger partial charge in [-0.2, -0.15) is 8.42 Å². The van der Waals surface area contributed by atoms with E-state index in [1.54, 1.807) is 6.08 Å². The zero-order chi connectivity index (χ0) is 30.4. The molecule has 0 aromatic carbocycles. The summed E-state index contributed by atoms with van der Waals surface area (Å²) in [6, 6.07) is -1.07. The predicted molar refractivity (Wildman–Crippen MR) is 175 cm³/mol. The van der Waals surface area contributed by atoms with Gasteiger partial charge in [0.2, 0.25) is 5.91 Å². The van der Waals surface area contributed by atoms with Crippen LogP contribution in [0.4, 0.5) is 0 Å². The van der Waals surface area contributed by atoms with Gasteiger partial charge in [-0.25, -0.2) is 0 Å². The van der Waals surface area contributed by atoms with E-state index in [2.05, 4.69) is 43.5 Å². The van der Waals surface area contributed by atoms with Crippen LogP contribution in [-0.2, 0) is 14.9 Å². The Labute approximate surface area is 253 Å². The highest BCUT2D eigenvalue weighted by molar-refractivity contribution is 7.85. The Morgan fingerprint density at radius 3 is 1.54 bits per heavy atom. The molecule has 0 radical (unpaired) electrons. The van der Waals surface area contributed by atoms with Gasteiger partial charge in [0.1, 0.15) is 0 Å². The minimum absolute atomic E-state index is 0.284. The minimum Gasteiger partial charge on any atom is -0.387 e. The Bertz CT molecular complexity index is 791. The Morgan fingerprint density at radius 1 is 0.634 bits per heavy atom. The van der Waals surface area contributed by atoms with Gasteiger partial charge in [0.05, 0.1) is 17.9 Å². The van der Waals surface area contributed by atoms with Crippen LogP contribution < -0.4 is 5.32 Å². The molecule has 240 valence electrons. The van der Waals surface area contributed by atoms with Crippen LogP contribution in [0.1, 0.15) is 155 Å². The first-order valence-electron chi connectivity index (χ1n) is 16.7. The molecule has 0 saturated carbocycles. The highest BCUT2D eigenvalue weighted by Gasteiger charge is 2.24. The second-order valence-electron chi connectivity index (χ2n) is 11.4. The first-order chi connectivity index (χ1) is 19.8. The lowest BCUT2D eigenvalue weighted by Crippen LogP contribution is -2.46. The van der Waals surface area contributed by atoms with Gasteiger partial charge in [-0.1, -0.05) is 140 Å². The lowest BCUT2D eigenvalue weighted by molar-refractivity contribution is -0.122. The monoisotopic (exact) mass is 597 g/mol. The zero-order valence-electron chi connectivity index (χ0n) is 26.4. The van der Waals surface area contributed by atoms with E-state index in [9.17, 15) is 22.9 Å². The molecule has 7 heteroatoms. The van der Waals surface area contributed by atoms with Gasteiger partial charge in [0, 0.05) is 6.42 Å². The Kier molecular flexibility index (Phi) is 27.7. The number of allylic oxidation sites excluding steroid dienone is 5. The van der Waals surface area contributed by atoms with E-state index in [0.717, 1.165) is 38.5 Å². The van der Waals surface area contributed by atoms with Crippen LogP contribution in [0.2, 0.25) is 0 Å². The first-order valence-corrected chi connectivity index (χ1v) is 18.3. The molecule has 0 aromatic heterocycles. The van der Waals surface area contributed by atoms with Gasteiger partial charge in [0.25, 0.3) is 10.1 Å². The molecule has 0 fully saturated rings. The van der Waals surface area contributed by atoms with Crippen LogP contribution in [0, 0.1) is 0 Å². The zero-order valence-corrected chi connectivity index (χ0v) is 27.2. The lowest BCUT2D eigenvalue weighted by Gasteiger charge is -2.21. The van der Waals surface area contributed by atoms with Crippen molar-refractivity contribution in [2.24, 2.45) is 0 Å². The van der Waals surface area contributed by atoms with E-state index in [1.807, 2.05) is 0 Å². The minimum atomic E-state index is -4.34. The van der Waals surface area contributed by atoms with E-state index < -0.39 is 28.0 Å². The molecule has 0 heterocycles. The van der Waals surface area contributed by atoms with Gasteiger partial charge in [-0.15, -0.1) is 0 Å². The molecule has 0 aliphatic carbocycles. The Morgan fingerprint density at radius 2 is 1.05 bits per heavy atom. The third kappa shape index (κ3) is 29.8. The van der Waals surface area contributed by atoms with Crippen molar-refractivity contribution in [3.63, 3.8) is 0 Å². The van der Waals surface area contributed by atoms with E-state index in [-0.39, 0.29) is 12.3 Å². The van der Waals surface area contributed by atoms with Crippen LogP contribution in [0.5, 0.6) is 0 Å². The number of rotatable bonds is 29. The highest BCUT2D eigenvalue weighted by atomic mass is 32.2. The molecule has 0 aliphatic rings. The first kappa shape index (κ1) is 39.6. The van der Waals surface area contributed by atoms with Crippen molar-refractivity contribution >= 4 is 16.0 Å². The summed E-state index contributed by atoms with van der Waals surface area (Å²) in [6.07, 6.45) is 35.7. The molecule has 2 unspecified atom stereocenters. The van der Waals surface area contributed by atoms with Crippen LogP contribution in [0.25, 0.3) is 0 Å². The molecular weight excluding hydrogens is 534 g/mol. The number of carbonyl (C=O) groups excluding carboxylic acids is 1. The summed E-state index contributed by atoms with van der Waals surface area (Å²) in [5, 5.41) is 13.1. The largest absolute Gasteiger partial charge is 0.387 e. The summed E-state index contributed by atoms with van der Waals surface area (Å²) in [4.78, 5) is 12.3. The summed E-state index contributed by atoms with van der Waals surface area (Å²) in [6.45, 7) is 4.45. The SMILES string of the molecule is CCCCCCCCCC/C=C/CC/C=C/CC/C=C/C(O)C(CS(=O)(=O)O)NC(=O)CCCCCCCCCC. The maximum absolute atomic E-state index is 12.3. The van der Waals surface area contributed by atoms with E-state index >= 15 is 0 Å². The molecule has 0 spiro atoms. The van der Waals surface area contributed by atoms with Crippen molar-refractivity contribution in [2.45, 2.75) is 167 Å².